The van der Waals surface area contributed by atoms with E-state index in [4.69, 9.17) is 0 Å². The summed E-state index contributed by atoms with van der Waals surface area (Å²) in [7, 11) is 0. The van der Waals surface area contributed by atoms with Crippen LogP contribution in [-0.2, 0) is 9.59 Å². The SMILES string of the molecule is C=CC1C[C@]2(F)C(=O)C(=O)[C@@]1(F)C(F)=C2F. The molecule has 0 aromatic carbocycles. The highest BCUT2D eigenvalue weighted by Crippen LogP contribution is 2.54. The number of ketones is 2. The average molecular weight is 234 g/mol. The van der Waals surface area contributed by atoms with E-state index >= 15 is 0 Å². The van der Waals surface area contributed by atoms with Crippen molar-refractivity contribution in [3.63, 3.8) is 0 Å². The van der Waals surface area contributed by atoms with Crippen molar-refractivity contribution in [1.82, 2.24) is 0 Å². The molecule has 0 radical (unpaired) electrons. The first-order valence-corrected chi connectivity index (χ1v) is 4.46. The molecule has 86 valence electrons. The summed E-state index contributed by atoms with van der Waals surface area (Å²) in [5.41, 5.74) is -6.79. The van der Waals surface area contributed by atoms with E-state index in [1.165, 1.54) is 0 Å². The normalized spacial score (nSPS) is 42.9. The van der Waals surface area contributed by atoms with Gasteiger partial charge < -0.3 is 0 Å². The molecule has 3 atom stereocenters. The molecule has 0 amide bonds. The highest BCUT2D eigenvalue weighted by Gasteiger charge is 2.71. The van der Waals surface area contributed by atoms with E-state index in [0.29, 0.717) is 0 Å². The molecule has 0 spiro atoms. The van der Waals surface area contributed by atoms with Gasteiger partial charge in [0, 0.05) is 12.3 Å². The standard InChI is InChI=1S/C10H6F4O2/c1-2-4-3-9(13)5(11)6(12)10(4,14)8(16)7(9)15/h2,4H,1,3H2/t4?,9-,10+/m1/s1. The third kappa shape index (κ3) is 0.881. The van der Waals surface area contributed by atoms with Gasteiger partial charge in [-0.2, -0.15) is 0 Å². The lowest BCUT2D eigenvalue weighted by Crippen LogP contribution is -2.63. The smallest absolute Gasteiger partial charge is 0.247 e. The summed E-state index contributed by atoms with van der Waals surface area (Å²) < 4.78 is 54.1. The van der Waals surface area contributed by atoms with Crippen LogP contribution < -0.4 is 0 Å². The van der Waals surface area contributed by atoms with E-state index in [1.807, 2.05) is 0 Å². The molecule has 3 aliphatic carbocycles. The van der Waals surface area contributed by atoms with Gasteiger partial charge in [0.15, 0.2) is 11.7 Å². The number of carbonyl (C=O) groups excluding carboxylic acids is 2. The van der Waals surface area contributed by atoms with Crippen LogP contribution in [0.15, 0.2) is 24.3 Å². The van der Waals surface area contributed by atoms with E-state index in [0.717, 1.165) is 6.08 Å². The number of carbonyl (C=O) groups is 2. The molecule has 2 bridgehead atoms. The molecule has 1 fully saturated rings. The fourth-order valence-corrected chi connectivity index (χ4v) is 2.08. The summed E-state index contributed by atoms with van der Waals surface area (Å²) in [5.74, 6) is -9.59. The van der Waals surface area contributed by atoms with Crippen LogP contribution in [0.1, 0.15) is 6.42 Å². The van der Waals surface area contributed by atoms with Crippen molar-refractivity contribution >= 4 is 11.6 Å². The maximum absolute atomic E-state index is 14.0. The van der Waals surface area contributed by atoms with Crippen LogP contribution in [0.3, 0.4) is 0 Å². The van der Waals surface area contributed by atoms with Crippen molar-refractivity contribution in [3.05, 3.63) is 24.3 Å². The molecule has 0 saturated heterocycles. The fourth-order valence-electron chi connectivity index (χ4n) is 2.08. The van der Waals surface area contributed by atoms with E-state index < -0.39 is 46.9 Å². The van der Waals surface area contributed by atoms with Crippen molar-refractivity contribution in [3.8, 4) is 0 Å². The molecule has 16 heavy (non-hydrogen) atoms. The first-order valence-electron chi connectivity index (χ1n) is 4.46. The van der Waals surface area contributed by atoms with E-state index in [9.17, 15) is 27.2 Å². The first kappa shape index (κ1) is 11.0. The highest BCUT2D eigenvalue weighted by atomic mass is 19.2. The third-order valence-corrected chi connectivity index (χ3v) is 3.05. The Bertz CT molecular complexity index is 456. The van der Waals surface area contributed by atoms with Gasteiger partial charge in [0.2, 0.25) is 22.9 Å². The Hall–Kier alpha value is -1.46. The summed E-state index contributed by atoms with van der Waals surface area (Å²) in [4.78, 5) is 22.3. The number of halogens is 4. The molecule has 0 aromatic rings. The number of hydrogen-bond donors (Lipinski definition) is 0. The van der Waals surface area contributed by atoms with Gasteiger partial charge in [-0.25, -0.2) is 17.6 Å². The van der Waals surface area contributed by atoms with Crippen LogP contribution in [0.2, 0.25) is 0 Å². The Morgan fingerprint density at radius 2 is 1.75 bits per heavy atom. The zero-order valence-corrected chi connectivity index (χ0v) is 7.90. The molecule has 3 rings (SSSR count). The van der Waals surface area contributed by atoms with Crippen LogP contribution in [0.4, 0.5) is 17.6 Å². The Kier molecular flexibility index (Phi) is 1.94. The average Bonchev–Trinajstić information content (AvgIpc) is 2.27. The number of hydrogen-bond acceptors (Lipinski definition) is 2. The largest absolute Gasteiger partial charge is 0.287 e. The summed E-state index contributed by atoms with van der Waals surface area (Å²) in [6.07, 6.45) is -0.123. The maximum Gasteiger partial charge on any atom is 0.247 e. The van der Waals surface area contributed by atoms with Crippen LogP contribution in [0.25, 0.3) is 0 Å². The van der Waals surface area contributed by atoms with Gasteiger partial charge >= 0.3 is 0 Å². The van der Waals surface area contributed by atoms with Crippen molar-refractivity contribution in [2.24, 2.45) is 5.92 Å². The summed E-state index contributed by atoms with van der Waals surface area (Å²) in [5, 5.41) is 0. The second-order valence-electron chi connectivity index (χ2n) is 3.85. The van der Waals surface area contributed by atoms with Crippen molar-refractivity contribution in [1.29, 1.82) is 0 Å². The van der Waals surface area contributed by atoms with Crippen LogP contribution in [0, 0.1) is 5.92 Å². The number of rotatable bonds is 1. The van der Waals surface area contributed by atoms with Crippen LogP contribution in [0.5, 0.6) is 0 Å². The van der Waals surface area contributed by atoms with Gasteiger partial charge in [0.1, 0.15) is 0 Å². The molecular weight excluding hydrogens is 228 g/mol. The molecule has 1 saturated carbocycles. The summed E-state index contributed by atoms with van der Waals surface area (Å²) >= 11 is 0. The van der Waals surface area contributed by atoms with E-state index in [-0.39, 0.29) is 0 Å². The lowest BCUT2D eigenvalue weighted by Gasteiger charge is -2.43. The minimum Gasteiger partial charge on any atom is -0.287 e. The van der Waals surface area contributed by atoms with Crippen molar-refractivity contribution < 1.29 is 27.2 Å². The van der Waals surface area contributed by atoms with Gasteiger partial charge in [-0.15, -0.1) is 6.58 Å². The monoisotopic (exact) mass is 234 g/mol. The van der Waals surface area contributed by atoms with Gasteiger partial charge in [0.25, 0.3) is 0 Å². The van der Waals surface area contributed by atoms with E-state index in [1.54, 1.807) is 0 Å². The minimum absolute atomic E-state index is 0.810. The number of allylic oxidation sites excluding steroid dienone is 3. The zero-order chi connectivity index (χ0) is 12.3. The van der Waals surface area contributed by atoms with Crippen LogP contribution >= 0.6 is 0 Å². The predicted molar refractivity (Wildman–Crippen MR) is 45.2 cm³/mol. The van der Waals surface area contributed by atoms with Crippen molar-refractivity contribution in [2.45, 2.75) is 17.8 Å². The van der Waals surface area contributed by atoms with Gasteiger partial charge in [-0.05, 0) is 0 Å². The molecule has 0 aliphatic heterocycles. The molecule has 2 nitrogen and oxygen atoms in total. The number of alkyl halides is 2. The molecule has 3 aliphatic rings. The topological polar surface area (TPSA) is 34.1 Å². The molecule has 1 unspecified atom stereocenters. The Labute approximate surface area is 87.6 Å². The molecule has 0 heterocycles. The van der Waals surface area contributed by atoms with Crippen LogP contribution in [-0.4, -0.2) is 22.9 Å². The third-order valence-electron chi connectivity index (χ3n) is 3.05. The Balaban J connectivity index is 2.77. The lowest BCUT2D eigenvalue weighted by molar-refractivity contribution is -0.160. The molecule has 0 N–H and O–H groups in total. The van der Waals surface area contributed by atoms with E-state index in [2.05, 4.69) is 6.58 Å². The maximum atomic E-state index is 14.0. The van der Waals surface area contributed by atoms with Gasteiger partial charge in [-0.3, -0.25) is 9.59 Å². The number of Topliss-reactive ketones (excluding diaryl/α,β-unsaturated/α-hetero) is 2. The molecule has 6 heteroatoms. The minimum atomic E-state index is -3.42. The summed E-state index contributed by atoms with van der Waals surface area (Å²) in [6, 6.07) is 0. The number of fused-ring (bicyclic) bond motifs is 2. The predicted octanol–water partition coefficient (Wildman–Crippen LogP) is 1.91. The zero-order valence-electron chi connectivity index (χ0n) is 7.90. The second kappa shape index (κ2) is 2.81. The Morgan fingerprint density at radius 1 is 1.19 bits per heavy atom. The van der Waals surface area contributed by atoms with Crippen molar-refractivity contribution in [2.75, 3.05) is 0 Å². The first-order chi connectivity index (χ1) is 7.30. The fraction of sp³-hybridized carbons (Fsp3) is 0.400. The molecule has 0 aromatic heterocycles. The highest BCUT2D eigenvalue weighted by molar-refractivity contribution is 6.46. The van der Waals surface area contributed by atoms with Gasteiger partial charge in [0.05, 0.1) is 0 Å². The molecular formula is C10H6F4O2. The van der Waals surface area contributed by atoms with Gasteiger partial charge in [-0.1, -0.05) is 6.08 Å². The lowest BCUT2D eigenvalue weighted by atomic mass is 9.63. The Morgan fingerprint density at radius 3 is 2.25 bits per heavy atom. The summed E-state index contributed by atoms with van der Waals surface area (Å²) in [6.45, 7) is 3.12. The quantitative estimate of drug-likeness (QED) is 0.394. The second-order valence-corrected chi connectivity index (χ2v) is 3.85.